The second-order valence-electron chi connectivity index (χ2n) is 2.82. The van der Waals surface area contributed by atoms with Crippen molar-refractivity contribution in [2.75, 3.05) is 19.6 Å². The molecule has 0 aliphatic carbocycles. The Morgan fingerprint density at radius 3 is 2.42 bits per heavy atom. The van der Waals surface area contributed by atoms with E-state index in [1.807, 2.05) is 6.92 Å². The average Bonchev–Trinajstić information content (AvgIpc) is 2.03. The molecule has 0 aromatic heterocycles. The largest absolute Gasteiger partial charge is 0.351 e. The van der Waals surface area contributed by atoms with Crippen LogP contribution in [0, 0.1) is 0 Å². The molecular formula is C8H19N3O. The van der Waals surface area contributed by atoms with Crippen LogP contribution in [0.2, 0.25) is 0 Å². The molecule has 0 aromatic carbocycles. The van der Waals surface area contributed by atoms with Gasteiger partial charge in [-0.05, 0) is 25.8 Å². The molecule has 0 bridgehead atoms. The highest BCUT2D eigenvalue weighted by molar-refractivity contribution is 5.71. The SMILES string of the molecule is CCCN(CCCCN)C(N)=O. The fourth-order valence-electron chi connectivity index (χ4n) is 1.05. The summed E-state index contributed by atoms with van der Waals surface area (Å²) in [6, 6.07) is -0.325. The summed E-state index contributed by atoms with van der Waals surface area (Å²) in [4.78, 5) is 12.5. The van der Waals surface area contributed by atoms with Crippen LogP contribution in [0.3, 0.4) is 0 Å². The van der Waals surface area contributed by atoms with E-state index in [9.17, 15) is 4.79 Å². The van der Waals surface area contributed by atoms with Gasteiger partial charge in [-0.2, -0.15) is 0 Å². The van der Waals surface area contributed by atoms with E-state index in [1.54, 1.807) is 4.90 Å². The normalized spacial score (nSPS) is 9.83. The monoisotopic (exact) mass is 173 g/mol. The summed E-state index contributed by atoms with van der Waals surface area (Å²) in [7, 11) is 0. The van der Waals surface area contributed by atoms with E-state index in [0.717, 1.165) is 32.4 Å². The number of nitrogens with zero attached hydrogens (tertiary/aromatic N) is 1. The van der Waals surface area contributed by atoms with Crippen LogP contribution in [0.15, 0.2) is 0 Å². The van der Waals surface area contributed by atoms with Crippen molar-refractivity contribution in [2.45, 2.75) is 26.2 Å². The van der Waals surface area contributed by atoms with Gasteiger partial charge >= 0.3 is 6.03 Å². The highest BCUT2D eigenvalue weighted by Crippen LogP contribution is 1.95. The van der Waals surface area contributed by atoms with Crippen LogP contribution in [-0.2, 0) is 0 Å². The highest BCUT2D eigenvalue weighted by atomic mass is 16.2. The summed E-state index contributed by atoms with van der Waals surface area (Å²) in [5.74, 6) is 0. The molecule has 72 valence electrons. The Kier molecular flexibility index (Phi) is 6.47. The van der Waals surface area contributed by atoms with E-state index in [-0.39, 0.29) is 6.03 Å². The van der Waals surface area contributed by atoms with Gasteiger partial charge in [-0.25, -0.2) is 4.79 Å². The molecule has 4 heteroatoms. The van der Waals surface area contributed by atoms with Crippen LogP contribution in [0.4, 0.5) is 4.79 Å². The molecule has 0 saturated heterocycles. The van der Waals surface area contributed by atoms with Crippen molar-refractivity contribution < 1.29 is 4.79 Å². The Bertz CT molecular complexity index is 127. The summed E-state index contributed by atoms with van der Waals surface area (Å²) in [5.41, 5.74) is 10.5. The van der Waals surface area contributed by atoms with Gasteiger partial charge in [0.1, 0.15) is 0 Å². The van der Waals surface area contributed by atoms with Crippen molar-refractivity contribution in [3.05, 3.63) is 0 Å². The second-order valence-corrected chi connectivity index (χ2v) is 2.82. The van der Waals surface area contributed by atoms with Gasteiger partial charge < -0.3 is 16.4 Å². The third-order valence-electron chi connectivity index (χ3n) is 1.69. The van der Waals surface area contributed by atoms with Gasteiger partial charge in [-0.15, -0.1) is 0 Å². The van der Waals surface area contributed by atoms with Gasteiger partial charge in [0.15, 0.2) is 0 Å². The van der Waals surface area contributed by atoms with Crippen molar-refractivity contribution in [1.82, 2.24) is 4.90 Å². The number of urea groups is 1. The summed E-state index contributed by atoms with van der Waals surface area (Å²) in [5, 5.41) is 0. The summed E-state index contributed by atoms with van der Waals surface area (Å²) in [6.07, 6.45) is 2.85. The Hall–Kier alpha value is -0.770. The number of unbranched alkanes of at least 4 members (excludes halogenated alkanes) is 1. The first kappa shape index (κ1) is 11.2. The molecule has 0 heterocycles. The zero-order chi connectivity index (χ0) is 9.40. The van der Waals surface area contributed by atoms with Crippen LogP contribution < -0.4 is 11.5 Å². The molecule has 0 aliphatic heterocycles. The summed E-state index contributed by atoms with van der Waals surface area (Å²) in [6.45, 7) is 4.19. The van der Waals surface area contributed by atoms with E-state index in [1.165, 1.54) is 0 Å². The molecular weight excluding hydrogens is 154 g/mol. The van der Waals surface area contributed by atoms with Gasteiger partial charge in [0.2, 0.25) is 0 Å². The number of carbonyl (C=O) groups excluding carboxylic acids is 1. The Labute approximate surface area is 73.9 Å². The van der Waals surface area contributed by atoms with E-state index in [4.69, 9.17) is 11.5 Å². The highest BCUT2D eigenvalue weighted by Gasteiger charge is 2.06. The molecule has 0 radical (unpaired) electrons. The summed E-state index contributed by atoms with van der Waals surface area (Å²) >= 11 is 0. The number of amides is 2. The maximum Gasteiger partial charge on any atom is 0.314 e. The Morgan fingerprint density at radius 2 is 2.00 bits per heavy atom. The molecule has 12 heavy (non-hydrogen) atoms. The van der Waals surface area contributed by atoms with Crippen LogP contribution >= 0.6 is 0 Å². The van der Waals surface area contributed by atoms with Crippen LogP contribution in [0.1, 0.15) is 26.2 Å². The van der Waals surface area contributed by atoms with Crippen molar-refractivity contribution >= 4 is 6.03 Å². The first-order valence-corrected chi connectivity index (χ1v) is 4.46. The number of hydrogen-bond donors (Lipinski definition) is 2. The first-order chi connectivity index (χ1) is 5.72. The molecule has 0 atom stereocenters. The average molecular weight is 173 g/mol. The van der Waals surface area contributed by atoms with Crippen molar-refractivity contribution in [1.29, 1.82) is 0 Å². The van der Waals surface area contributed by atoms with E-state index < -0.39 is 0 Å². The molecule has 0 aromatic rings. The zero-order valence-electron chi connectivity index (χ0n) is 7.75. The third kappa shape index (κ3) is 4.96. The van der Waals surface area contributed by atoms with Gasteiger partial charge in [-0.3, -0.25) is 0 Å². The minimum absolute atomic E-state index is 0.325. The topological polar surface area (TPSA) is 72.3 Å². The van der Waals surface area contributed by atoms with Gasteiger partial charge in [0.05, 0.1) is 0 Å². The van der Waals surface area contributed by atoms with Crippen molar-refractivity contribution in [3.8, 4) is 0 Å². The maximum atomic E-state index is 10.8. The zero-order valence-corrected chi connectivity index (χ0v) is 7.75. The smallest absolute Gasteiger partial charge is 0.314 e. The Morgan fingerprint density at radius 1 is 1.33 bits per heavy atom. The lowest BCUT2D eigenvalue weighted by Crippen LogP contribution is -2.37. The van der Waals surface area contributed by atoms with E-state index in [0.29, 0.717) is 6.54 Å². The predicted octanol–water partition coefficient (Wildman–Crippen LogP) is 0.516. The number of nitrogens with two attached hydrogens (primary N) is 2. The lowest BCUT2D eigenvalue weighted by molar-refractivity contribution is 0.206. The molecule has 0 spiro atoms. The van der Waals surface area contributed by atoms with E-state index in [2.05, 4.69) is 0 Å². The molecule has 0 aliphatic rings. The lowest BCUT2D eigenvalue weighted by atomic mass is 10.3. The van der Waals surface area contributed by atoms with Crippen LogP contribution in [0.5, 0.6) is 0 Å². The molecule has 0 unspecified atom stereocenters. The van der Waals surface area contributed by atoms with Gasteiger partial charge in [0, 0.05) is 13.1 Å². The minimum atomic E-state index is -0.325. The number of rotatable bonds is 6. The van der Waals surface area contributed by atoms with Crippen LogP contribution in [0.25, 0.3) is 0 Å². The molecule has 0 saturated carbocycles. The standard InChI is InChI=1S/C8H19N3O/c1-2-6-11(8(10)12)7-4-3-5-9/h2-7,9H2,1H3,(H2,10,12). The second kappa shape index (κ2) is 6.91. The number of primary amides is 1. The lowest BCUT2D eigenvalue weighted by Gasteiger charge is -2.18. The van der Waals surface area contributed by atoms with E-state index >= 15 is 0 Å². The fraction of sp³-hybridized carbons (Fsp3) is 0.875. The maximum absolute atomic E-state index is 10.8. The molecule has 0 fully saturated rings. The third-order valence-corrected chi connectivity index (χ3v) is 1.69. The van der Waals surface area contributed by atoms with Crippen molar-refractivity contribution in [2.24, 2.45) is 11.5 Å². The van der Waals surface area contributed by atoms with Crippen molar-refractivity contribution in [3.63, 3.8) is 0 Å². The number of carbonyl (C=O) groups is 1. The first-order valence-electron chi connectivity index (χ1n) is 4.46. The fourth-order valence-corrected chi connectivity index (χ4v) is 1.05. The molecule has 0 rings (SSSR count). The molecule has 4 N–H and O–H groups in total. The predicted molar refractivity (Wildman–Crippen MR) is 49.7 cm³/mol. The van der Waals surface area contributed by atoms with Crippen LogP contribution in [-0.4, -0.2) is 30.6 Å². The Balaban J connectivity index is 3.56. The minimum Gasteiger partial charge on any atom is -0.351 e. The van der Waals surface area contributed by atoms with Gasteiger partial charge in [-0.1, -0.05) is 6.92 Å². The molecule has 2 amide bonds. The summed E-state index contributed by atoms with van der Waals surface area (Å²) < 4.78 is 0. The number of hydrogen-bond acceptors (Lipinski definition) is 2. The molecule has 4 nitrogen and oxygen atoms in total. The quantitative estimate of drug-likeness (QED) is 0.575. The van der Waals surface area contributed by atoms with Gasteiger partial charge in [0.25, 0.3) is 0 Å².